The zero-order valence-corrected chi connectivity index (χ0v) is 4.56. The van der Waals surface area contributed by atoms with Crippen molar-refractivity contribution in [3.63, 3.8) is 0 Å². The van der Waals surface area contributed by atoms with Gasteiger partial charge in [0.1, 0.15) is 0 Å². The molecule has 0 aliphatic carbocycles. The minimum Gasteiger partial charge on any atom is -0.479 e. The van der Waals surface area contributed by atoms with Crippen LogP contribution >= 0.6 is 0 Å². The molecule has 0 rings (SSSR count). The number of hydrogen-bond donors (Lipinski definition) is 4. The van der Waals surface area contributed by atoms with Gasteiger partial charge < -0.3 is 20.4 Å². The molecule has 1 atom stereocenters. The van der Waals surface area contributed by atoms with Gasteiger partial charge in [-0.25, -0.2) is 4.79 Å². The second-order valence-electron chi connectivity index (χ2n) is 1.57. The third kappa shape index (κ3) is 3.89. The Balaban J connectivity index is 3.50. The van der Waals surface area contributed by atoms with Crippen LogP contribution in [-0.2, 0) is 4.79 Å². The van der Waals surface area contributed by atoms with E-state index < -0.39 is 24.8 Å². The van der Waals surface area contributed by atoms with Crippen molar-refractivity contribution in [3.8, 4) is 0 Å². The molecule has 0 aromatic rings. The fourth-order valence-corrected chi connectivity index (χ4v) is 0.301. The maximum atomic E-state index is 9.76. The average Bonchev–Trinajstić information content (AvgIpc) is 1.63. The van der Waals surface area contributed by atoms with Crippen molar-refractivity contribution >= 4 is 5.97 Å². The molecule has 0 saturated heterocycles. The molecule has 0 fully saturated rings. The van der Waals surface area contributed by atoms with Crippen LogP contribution in [0, 0.1) is 0 Å². The monoisotopic (exact) mass is 136 g/mol. The molecule has 0 bridgehead atoms. The van der Waals surface area contributed by atoms with Crippen LogP contribution in [0.1, 0.15) is 6.42 Å². The minimum atomic E-state index is -1.77. The van der Waals surface area contributed by atoms with Gasteiger partial charge in [-0.05, 0) is 0 Å². The van der Waals surface area contributed by atoms with Gasteiger partial charge in [-0.2, -0.15) is 0 Å². The summed E-state index contributed by atoms with van der Waals surface area (Å²) >= 11 is 0. The summed E-state index contributed by atoms with van der Waals surface area (Å²) in [5.41, 5.74) is 0. The van der Waals surface area contributed by atoms with Crippen molar-refractivity contribution < 1.29 is 25.2 Å². The predicted octanol–water partition coefficient (Wildman–Crippen LogP) is -1.87. The number of carboxylic acid groups (broad SMARTS) is 1. The van der Waals surface area contributed by atoms with E-state index >= 15 is 0 Å². The van der Waals surface area contributed by atoms with Gasteiger partial charge in [0.2, 0.25) is 0 Å². The Labute approximate surface area is 51.2 Å². The van der Waals surface area contributed by atoms with Crippen LogP contribution in [0.3, 0.4) is 0 Å². The van der Waals surface area contributed by atoms with E-state index in [4.69, 9.17) is 20.4 Å². The summed E-state index contributed by atoms with van der Waals surface area (Å²) in [6.45, 7) is 0. The second kappa shape index (κ2) is 3.39. The molecule has 0 aromatic heterocycles. The van der Waals surface area contributed by atoms with Gasteiger partial charge in [0.25, 0.3) is 0 Å². The first-order chi connectivity index (χ1) is 4.04. The predicted molar refractivity (Wildman–Crippen MR) is 26.5 cm³/mol. The number of aliphatic carboxylic acids is 1. The molecule has 5 nitrogen and oxygen atoms in total. The topological polar surface area (TPSA) is 98.0 Å². The smallest absolute Gasteiger partial charge is 0.332 e. The molecule has 0 aromatic carbocycles. The van der Waals surface area contributed by atoms with E-state index in [1.165, 1.54) is 0 Å². The second-order valence-corrected chi connectivity index (χ2v) is 1.57. The summed E-state index contributed by atoms with van der Waals surface area (Å²) in [6, 6.07) is 0. The molecule has 0 amide bonds. The Morgan fingerprint density at radius 1 is 1.33 bits per heavy atom. The first-order valence-electron chi connectivity index (χ1n) is 2.31. The highest BCUT2D eigenvalue weighted by Gasteiger charge is 2.15. The molecular weight excluding hydrogens is 128 g/mol. The van der Waals surface area contributed by atoms with E-state index in [0.29, 0.717) is 0 Å². The van der Waals surface area contributed by atoms with Gasteiger partial charge in [0.05, 0.1) is 0 Å². The lowest BCUT2D eigenvalue weighted by Gasteiger charge is -2.05. The summed E-state index contributed by atoms with van der Waals surface area (Å²) < 4.78 is 0. The Kier molecular flexibility index (Phi) is 3.15. The minimum absolute atomic E-state index is 0.560. The Morgan fingerprint density at radius 3 is 1.89 bits per heavy atom. The van der Waals surface area contributed by atoms with Crippen molar-refractivity contribution in [3.05, 3.63) is 0 Å². The lowest BCUT2D eigenvalue weighted by molar-refractivity contribution is -0.152. The number of aliphatic hydroxyl groups is 3. The first-order valence-corrected chi connectivity index (χ1v) is 2.31. The number of hydrogen-bond acceptors (Lipinski definition) is 4. The zero-order valence-electron chi connectivity index (χ0n) is 4.56. The first kappa shape index (κ1) is 8.35. The Hall–Kier alpha value is -0.650. The summed E-state index contributed by atoms with van der Waals surface area (Å²) in [4.78, 5) is 9.76. The third-order valence-corrected chi connectivity index (χ3v) is 0.719. The Bertz CT molecular complexity index is 99.1. The van der Waals surface area contributed by atoms with Crippen LogP contribution in [0.4, 0.5) is 0 Å². The van der Waals surface area contributed by atoms with Crippen molar-refractivity contribution in [1.82, 2.24) is 0 Å². The van der Waals surface area contributed by atoms with E-state index in [1.54, 1.807) is 0 Å². The van der Waals surface area contributed by atoms with E-state index in [0.717, 1.165) is 0 Å². The van der Waals surface area contributed by atoms with Crippen LogP contribution in [0.5, 0.6) is 0 Å². The maximum absolute atomic E-state index is 9.76. The fraction of sp³-hybridized carbons (Fsp3) is 0.750. The lowest BCUT2D eigenvalue weighted by Crippen LogP contribution is -2.25. The van der Waals surface area contributed by atoms with E-state index in [-0.39, 0.29) is 0 Å². The van der Waals surface area contributed by atoms with Gasteiger partial charge in [0, 0.05) is 6.42 Å². The summed E-state index contributed by atoms with van der Waals surface area (Å²) in [5.74, 6) is -1.46. The standard InChI is InChI=1S/C4H8O5/c5-2(4(8)9)1-3(6)7/h2-3,5-7H,1H2,(H,8,9)/t2-/m0/s1. The molecule has 0 spiro atoms. The quantitative estimate of drug-likeness (QED) is 0.341. The lowest BCUT2D eigenvalue weighted by atomic mass is 10.2. The van der Waals surface area contributed by atoms with Crippen LogP contribution in [-0.4, -0.2) is 38.8 Å². The van der Waals surface area contributed by atoms with E-state index in [1.807, 2.05) is 0 Å². The van der Waals surface area contributed by atoms with Gasteiger partial charge >= 0.3 is 5.97 Å². The van der Waals surface area contributed by atoms with Crippen molar-refractivity contribution in [1.29, 1.82) is 0 Å². The van der Waals surface area contributed by atoms with Gasteiger partial charge in [-0.15, -0.1) is 0 Å². The molecule has 0 aliphatic rings. The molecule has 54 valence electrons. The zero-order chi connectivity index (χ0) is 7.44. The molecule has 0 radical (unpaired) electrons. The number of aliphatic hydroxyl groups excluding tert-OH is 2. The third-order valence-electron chi connectivity index (χ3n) is 0.719. The van der Waals surface area contributed by atoms with Crippen LogP contribution < -0.4 is 0 Å². The van der Waals surface area contributed by atoms with Gasteiger partial charge in [-0.1, -0.05) is 0 Å². The van der Waals surface area contributed by atoms with E-state index in [9.17, 15) is 4.79 Å². The van der Waals surface area contributed by atoms with Crippen LogP contribution in [0.25, 0.3) is 0 Å². The average molecular weight is 136 g/mol. The molecule has 0 unspecified atom stereocenters. The fourth-order valence-electron chi connectivity index (χ4n) is 0.301. The van der Waals surface area contributed by atoms with Gasteiger partial charge in [0.15, 0.2) is 12.4 Å². The molecule has 5 heteroatoms. The normalized spacial score (nSPS) is 13.8. The molecule has 0 saturated carbocycles. The molecule has 9 heavy (non-hydrogen) atoms. The highest BCUT2D eigenvalue weighted by Crippen LogP contribution is 1.93. The molecule has 0 heterocycles. The highest BCUT2D eigenvalue weighted by atomic mass is 16.5. The van der Waals surface area contributed by atoms with Crippen molar-refractivity contribution in [2.75, 3.05) is 0 Å². The van der Waals surface area contributed by atoms with Crippen molar-refractivity contribution in [2.45, 2.75) is 18.8 Å². The summed E-state index contributed by atoms with van der Waals surface area (Å²) in [6.07, 6.45) is -4.02. The SMILES string of the molecule is O=C(O)[C@@H](O)CC(O)O. The number of carboxylic acids is 1. The molecule has 4 N–H and O–H groups in total. The van der Waals surface area contributed by atoms with Crippen molar-refractivity contribution in [2.24, 2.45) is 0 Å². The summed E-state index contributed by atoms with van der Waals surface area (Å²) in [5, 5.41) is 32.5. The Morgan fingerprint density at radius 2 is 1.78 bits per heavy atom. The van der Waals surface area contributed by atoms with Crippen LogP contribution in [0.2, 0.25) is 0 Å². The van der Waals surface area contributed by atoms with Crippen LogP contribution in [0.15, 0.2) is 0 Å². The largest absolute Gasteiger partial charge is 0.479 e. The highest BCUT2D eigenvalue weighted by molar-refractivity contribution is 5.71. The maximum Gasteiger partial charge on any atom is 0.332 e. The number of carbonyl (C=O) groups is 1. The molecule has 0 aliphatic heterocycles. The van der Waals surface area contributed by atoms with E-state index in [2.05, 4.69) is 0 Å². The van der Waals surface area contributed by atoms with Gasteiger partial charge in [-0.3, -0.25) is 0 Å². The molecular formula is C4H8O5. The summed E-state index contributed by atoms with van der Waals surface area (Å²) in [7, 11) is 0. The number of rotatable bonds is 3.